The number of rotatable bonds is 12. The fraction of sp³-hybridized carbons (Fsp3) is 0.625. The topological polar surface area (TPSA) is 98.7 Å². The molecule has 2 atom stereocenters. The van der Waals surface area contributed by atoms with Gasteiger partial charge in [-0.3, -0.25) is 14.4 Å². The molecule has 1 saturated heterocycles. The van der Waals surface area contributed by atoms with E-state index in [1.54, 1.807) is 0 Å². The predicted octanol–water partition coefficient (Wildman–Crippen LogP) is 1.54. The summed E-state index contributed by atoms with van der Waals surface area (Å²) in [5.41, 5.74) is 1.06. The van der Waals surface area contributed by atoms with E-state index in [9.17, 15) is 19.5 Å². The molecule has 7 nitrogen and oxygen atoms in total. The number of aliphatic hydroxyl groups is 1. The molecule has 0 aromatic heterocycles. The van der Waals surface area contributed by atoms with Gasteiger partial charge in [0.25, 0.3) is 0 Å². The third-order valence-corrected chi connectivity index (χ3v) is 5.94. The fourth-order valence-corrected chi connectivity index (χ4v) is 3.76. The molecule has 31 heavy (non-hydrogen) atoms. The third kappa shape index (κ3) is 9.61. The number of piperidine rings is 1. The number of benzene rings is 1. The number of hydrogen-bond acceptors (Lipinski definition) is 5. The van der Waals surface area contributed by atoms with Crippen LogP contribution in [0.4, 0.5) is 0 Å². The van der Waals surface area contributed by atoms with Gasteiger partial charge in [0, 0.05) is 18.9 Å². The van der Waals surface area contributed by atoms with Crippen molar-refractivity contribution >= 4 is 17.6 Å². The van der Waals surface area contributed by atoms with Crippen LogP contribution in [0.15, 0.2) is 30.3 Å². The molecule has 2 rings (SSSR count). The van der Waals surface area contributed by atoms with E-state index in [2.05, 4.69) is 22.6 Å². The van der Waals surface area contributed by atoms with Crippen LogP contribution in [-0.4, -0.2) is 66.9 Å². The molecule has 1 aliphatic rings. The summed E-state index contributed by atoms with van der Waals surface area (Å²) < 4.78 is 0. The van der Waals surface area contributed by atoms with Crippen LogP contribution in [0.1, 0.15) is 44.6 Å². The zero-order valence-electron chi connectivity index (χ0n) is 18.8. The maximum absolute atomic E-state index is 12.2. The van der Waals surface area contributed by atoms with Crippen molar-refractivity contribution in [2.75, 3.05) is 33.2 Å². The predicted molar refractivity (Wildman–Crippen MR) is 120 cm³/mol. The fourth-order valence-electron chi connectivity index (χ4n) is 3.76. The summed E-state index contributed by atoms with van der Waals surface area (Å²) in [5, 5.41) is 15.6. The monoisotopic (exact) mass is 431 g/mol. The number of Topliss-reactive ketones (excluding diaryl/α,β-unsaturated/α-hetero) is 1. The van der Waals surface area contributed by atoms with E-state index >= 15 is 0 Å². The zero-order valence-corrected chi connectivity index (χ0v) is 18.8. The molecule has 0 saturated carbocycles. The van der Waals surface area contributed by atoms with Gasteiger partial charge in [-0.05, 0) is 63.7 Å². The van der Waals surface area contributed by atoms with E-state index in [4.69, 9.17) is 0 Å². The lowest BCUT2D eigenvalue weighted by atomic mass is 9.96. The third-order valence-electron chi connectivity index (χ3n) is 5.94. The summed E-state index contributed by atoms with van der Waals surface area (Å²) in [7, 11) is 2.07. The Morgan fingerprint density at radius 1 is 1.10 bits per heavy atom. The van der Waals surface area contributed by atoms with Gasteiger partial charge < -0.3 is 20.6 Å². The van der Waals surface area contributed by atoms with E-state index in [0.29, 0.717) is 25.8 Å². The van der Waals surface area contributed by atoms with E-state index < -0.39 is 6.10 Å². The summed E-state index contributed by atoms with van der Waals surface area (Å²) in [5.74, 6) is -0.287. The maximum atomic E-state index is 12.2. The van der Waals surface area contributed by atoms with E-state index in [0.717, 1.165) is 31.5 Å². The van der Waals surface area contributed by atoms with Gasteiger partial charge in [-0.1, -0.05) is 37.3 Å². The van der Waals surface area contributed by atoms with Crippen LogP contribution >= 0.6 is 0 Å². The van der Waals surface area contributed by atoms with Crippen LogP contribution in [0.25, 0.3) is 0 Å². The Hall–Kier alpha value is -2.25. The van der Waals surface area contributed by atoms with Gasteiger partial charge in [0.2, 0.25) is 11.8 Å². The zero-order chi connectivity index (χ0) is 22.6. The summed E-state index contributed by atoms with van der Waals surface area (Å²) in [6, 6.07) is 9.68. The van der Waals surface area contributed by atoms with Crippen molar-refractivity contribution in [2.45, 2.75) is 51.6 Å². The van der Waals surface area contributed by atoms with Crippen molar-refractivity contribution in [1.29, 1.82) is 0 Å². The largest absolute Gasteiger partial charge is 0.385 e. The normalized spacial score (nSPS) is 17.0. The number of nitrogens with zero attached hydrogens (tertiary/aromatic N) is 1. The average Bonchev–Trinajstić information content (AvgIpc) is 2.76. The lowest BCUT2D eigenvalue weighted by Gasteiger charge is -2.28. The second kappa shape index (κ2) is 13.2. The molecular weight excluding hydrogens is 394 g/mol. The standard InChI is InChI=1S/C24H37N3O4/c1-18(10-13-25-24(31)20-11-14-27(2)15-12-20)16-23(30)26-17-22(29)21(28)9-8-19-6-4-3-5-7-19/h3-7,18,20-21,28H,8-17H2,1-2H3,(H,25,31)(H,26,30). The average molecular weight is 432 g/mol. The first-order valence-corrected chi connectivity index (χ1v) is 11.3. The quantitative estimate of drug-likeness (QED) is 0.466. The lowest BCUT2D eigenvalue weighted by molar-refractivity contribution is -0.130. The number of hydrogen-bond donors (Lipinski definition) is 3. The molecule has 1 heterocycles. The molecule has 0 aliphatic carbocycles. The van der Waals surface area contributed by atoms with Crippen molar-refractivity contribution in [2.24, 2.45) is 11.8 Å². The Morgan fingerprint density at radius 2 is 1.77 bits per heavy atom. The van der Waals surface area contributed by atoms with Crippen molar-refractivity contribution < 1.29 is 19.5 Å². The van der Waals surface area contributed by atoms with Crippen molar-refractivity contribution in [3.8, 4) is 0 Å². The first kappa shape index (κ1) is 25.0. The SMILES string of the molecule is CC(CCNC(=O)C1CCN(C)CC1)CC(=O)NCC(=O)C(O)CCc1ccccc1. The molecule has 0 bridgehead atoms. The van der Waals surface area contributed by atoms with Crippen LogP contribution in [0.3, 0.4) is 0 Å². The number of nitrogens with one attached hydrogen (secondary N) is 2. The second-order valence-electron chi connectivity index (χ2n) is 8.75. The number of amides is 2. The van der Waals surface area contributed by atoms with Gasteiger partial charge in [0.1, 0.15) is 6.10 Å². The highest BCUT2D eigenvalue weighted by molar-refractivity contribution is 5.88. The highest BCUT2D eigenvalue weighted by atomic mass is 16.3. The van der Waals surface area contributed by atoms with Crippen molar-refractivity contribution in [1.82, 2.24) is 15.5 Å². The van der Waals surface area contributed by atoms with Gasteiger partial charge in [0.05, 0.1) is 6.54 Å². The molecule has 1 aromatic rings. The first-order valence-electron chi connectivity index (χ1n) is 11.3. The second-order valence-corrected chi connectivity index (χ2v) is 8.75. The number of aryl methyl sites for hydroxylation is 1. The Bertz CT molecular complexity index is 702. The summed E-state index contributed by atoms with van der Waals surface area (Å²) >= 11 is 0. The minimum atomic E-state index is -1.08. The Kier molecular flexibility index (Phi) is 10.7. The number of carbonyl (C=O) groups excluding carboxylic acids is 3. The minimum absolute atomic E-state index is 0.0918. The smallest absolute Gasteiger partial charge is 0.223 e. The van der Waals surface area contributed by atoms with Crippen LogP contribution in [0.2, 0.25) is 0 Å². The lowest BCUT2D eigenvalue weighted by Crippen LogP contribution is -2.39. The molecule has 2 amide bonds. The molecule has 1 aliphatic heterocycles. The first-order chi connectivity index (χ1) is 14.8. The number of carbonyl (C=O) groups is 3. The van der Waals surface area contributed by atoms with E-state index in [1.807, 2.05) is 37.3 Å². The number of aliphatic hydroxyl groups excluding tert-OH is 1. The summed E-state index contributed by atoms with van der Waals surface area (Å²) in [6.07, 6.45) is 2.66. The molecule has 0 radical (unpaired) electrons. The molecule has 2 unspecified atom stereocenters. The molecular formula is C24H37N3O4. The van der Waals surface area contributed by atoms with Crippen molar-refractivity contribution in [3.63, 3.8) is 0 Å². The van der Waals surface area contributed by atoms with Crippen molar-refractivity contribution in [3.05, 3.63) is 35.9 Å². The molecule has 172 valence electrons. The number of ketones is 1. The van der Waals surface area contributed by atoms with E-state index in [-0.39, 0.29) is 42.4 Å². The van der Waals surface area contributed by atoms with Gasteiger partial charge >= 0.3 is 0 Å². The van der Waals surface area contributed by atoms with Crippen LogP contribution in [0.5, 0.6) is 0 Å². The molecule has 0 spiro atoms. The van der Waals surface area contributed by atoms with Gasteiger partial charge in [-0.25, -0.2) is 0 Å². The van der Waals surface area contributed by atoms with Gasteiger partial charge in [-0.15, -0.1) is 0 Å². The molecule has 1 fully saturated rings. The molecule has 3 N–H and O–H groups in total. The van der Waals surface area contributed by atoms with Crippen LogP contribution < -0.4 is 10.6 Å². The van der Waals surface area contributed by atoms with Gasteiger partial charge in [0.15, 0.2) is 5.78 Å². The highest BCUT2D eigenvalue weighted by Crippen LogP contribution is 2.16. The maximum Gasteiger partial charge on any atom is 0.223 e. The molecule has 7 heteroatoms. The van der Waals surface area contributed by atoms with Crippen LogP contribution in [0, 0.1) is 11.8 Å². The highest BCUT2D eigenvalue weighted by Gasteiger charge is 2.23. The van der Waals surface area contributed by atoms with Crippen LogP contribution in [-0.2, 0) is 20.8 Å². The summed E-state index contributed by atoms with van der Waals surface area (Å²) in [4.78, 5) is 38.6. The number of likely N-dealkylation sites (tertiary alicyclic amines) is 1. The van der Waals surface area contributed by atoms with E-state index in [1.165, 1.54) is 0 Å². The molecule has 1 aromatic carbocycles. The Balaban J connectivity index is 1.56. The van der Waals surface area contributed by atoms with Gasteiger partial charge in [-0.2, -0.15) is 0 Å². The minimum Gasteiger partial charge on any atom is -0.385 e. The summed E-state index contributed by atoms with van der Waals surface area (Å²) in [6.45, 7) is 4.26. The Morgan fingerprint density at radius 3 is 2.45 bits per heavy atom. The Labute approximate surface area is 185 Å².